The zero-order valence-electron chi connectivity index (χ0n) is 14.1. The van der Waals surface area contributed by atoms with Gasteiger partial charge in [0.15, 0.2) is 11.6 Å². The largest absolute Gasteiger partial charge is 0.342 e. The Morgan fingerprint density at radius 1 is 1.04 bits per heavy atom. The number of aryl methyl sites for hydroxylation is 1. The van der Waals surface area contributed by atoms with Crippen LogP contribution >= 0.6 is 0 Å². The van der Waals surface area contributed by atoms with Crippen LogP contribution in [-0.2, 0) is 11.8 Å². The Hall–Kier alpha value is -3.55. The molecule has 0 aliphatic carbocycles. The third-order valence-electron chi connectivity index (χ3n) is 4.45. The van der Waals surface area contributed by atoms with Crippen molar-refractivity contribution in [2.75, 3.05) is 18.0 Å². The summed E-state index contributed by atoms with van der Waals surface area (Å²) in [6, 6.07) is 7.73. The molecule has 0 amide bonds. The van der Waals surface area contributed by atoms with Gasteiger partial charge in [0.2, 0.25) is 0 Å². The molecule has 26 heavy (non-hydrogen) atoms. The Morgan fingerprint density at radius 2 is 1.88 bits per heavy atom. The maximum Gasteiger partial charge on any atom is 0.171 e. The fourth-order valence-electron chi connectivity index (χ4n) is 3.06. The van der Waals surface area contributed by atoms with E-state index >= 15 is 0 Å². The van der Waals surface area contributed by atoms with Gasteiger partial charge >= 0.3 is 0 Å². The van der Waals surface area contributed by atoms with Crippen molar-refractivity contribution in [2.45, 2.75) is 0 Å². The Morgan fingerprint density at radius 3 is 2.65 bits per heavy atom. The Balaban J connectivity index is 1.58. The summed E-state index contributed by atoms with van der Waals surface area (Å²) in [4.78, 5) is 22.4. The van der Waals surface area contributed by atoms with E-state index in [0.717, 1.165) is 28.0 Å². The van der Waals surface area contributed by atoms with Gasteiger partial charge in [-0.2, -0.15) is 10.2 Å². The molecule has 1 aliphatic rings. The summed E-state index contributed by atoms with van der Waals surface area (Å²) in [5.74, 6) is 1.72. The highest BCUT2D eigenvalue weighted by atomic mass is 16.1. The average molecular weight is 345 g/mol. The first-order chi connectivity index (χ1) is 12.7. The summed E-state index contributed by atoms with van der Waals surface area (Å²) >= 11 is 0. The number of aromatic nitrogens is 6. The molecular formula is C18H15N7O. The molecule has 1 saturated heterocycles. The van der Waals surface area contributed by atoms with Gasteiger partial charge in [0.1, 0.15) is 5.82 Å². The van der Waals surface area contributed by atoms with Crippen LogP contribution in [0.3, 0.4) is 0 Å². The van der Waals surface area contributed by atoms with Crippen molar-refractivity contribution in [1.29, 1.82) is 0 Å². The summed E-state index contributed by atoms with van der Waals surface area (Å²) in [6.45, 7) is 0.844. The third-order valence-corrected chi connectivity index (χ3v) is 4.45. The predicted octanol–water partition coefficient (Wildman–Crippen LogP) is 1.61. The average Bonchev–Trinajstić information content (AvgIpc) is 3.24. The predicted molar refractivity (Wildman–Crippen MR) is 96.1 cm³/mol. The van der Waals surface area contributed by atoms with E-state index in [4.69, 9.17) is 0 Å². The third kappa shape index (κ3) is 2.34. The Bertz CT molecular complexity index is 1140. The molecule has 0 N–H and O–H groups in total. The first-order valence-electron chi connectivity index (χ1n) is 8.24. The van der Waals surface area contributed by atoms with E-state index < -0.39 is 0 Å². The van der Waals surface area contributed by atoms with Gasteiger partial charge in [-0.25, -0.2) is 9.67 Å². The number of nitrogens with zero attached hydrogens (tertiary/aromatic N) is 7. The molecule has 0 spiro atoms. The van der Waals surface area contributed by atoms with Gasteiger partial charge in [0, 0.05) is 30.4 Å². The maximum atomic E-state index is 11.2. The summed E-state index contributed by atoms with van der Waals surface area (Å²) in [5.41, 5.74) is 2.70. The lowest BCUT2D eigenvalue weighted by atomic mass is 10.2. The molecule has 8 nitrogen and oxygen atoms in total. The van der Waals surface area contributed by atoms with E-state index in [2.05, 4.69) is 20.2 Å². The summed E-state index contributed by atoms with van der Waals surface area (Å²) in [6.07, 6.45) is 7.29. The van der Waals surface area contributed by atoms with Crippen LogP contribution in [0.5, 0.6) is 0 Å². The lowest BCUT2D eigenvalue weighted by molar-refractivity contribution is -0.119. The highest BCUT2D eigenvalue weighted by Gasteiger charge is 2.25. The molecule has 1 aliphatic heterocycles. The zero-order chi connectivity index (χ0) is 17.7. The van der Waals surface area contributed by atoms with Crippen molar-refractivity contribution in [1.82, 2.24) is 29.5 Å². The number of Topliss-reactive ketones (excluding diaryl/α,β-unsaturated/α-hetero) is 1. The highest BCUT2D eigenvalue weighted by molar-refractivity contribution is 5.94. The van der Waals surface area contributed by atoms with E-state index in [1.54, 1.807) is 28.0 Å². The first kappa shape index (κ1) is 14.8. The fraction of sp³-hybridized carbons (Fsp3) is 0.167. The van der Waals surface area contributed by atoms with Crippen LogP contribution in [0.15, 0.2) is 49.1 Å². The van der Waals surface area contributed by atoms with Crippen LogP contribution in [-0.4, -0.2) is 48.4 Å². The van der Waals surface area contributed by atoms with Crippen LogP contribution < -0.4 is 4.90 Å². The van der Waals surface area contributed by atoms with E-state index in [-0.39, 0.29) is 5.78 Å². The molecule has 0 radical (unpaired) electrons. The number of anilines is 1. The van der Waals surface area contributed by atoms with Crippen LogP contribution in [0, 0.1) is 0 Å². The number of hydrogen-bond acceptors (Lipinski definition) is 6. The summed E-state index contributed by atoms with van der Waals surface area (Å²) in [7, 11) is 1.88. The normalized spacial score (nSPS) is 14.0. The smallest absolute Gasteiger partial charge is 0.171 e. The van der Waals surface area contributed by atoms with Gasteiger partial charge in [-0.05, 0) is 18.2 Å². The van der Waals surface area contributed by atoms with Crippen molar-refractivity contribution in [3.8, 4) is 17.1 Å². The molecule has 0 saturated carbocycles. The minimum Gasteiger partial charge on any atom is -0.342 e. The Kier molecular flexibility index (Phi) is 3.11. The second-order valence-corrected chi connectivity index (χ2v) is 6.34. The molecule has 8 heteroatoms. The Labute approximate surface area is 148 Å². The second kappa shape index (κ2) is 5.48. The molecule has 0 atom stereocenters. The van der Waals surface area contributed by atoms with Crippen LogP contribution in [0.25, 0.3) is 28.0 Å². The first-order valence-corrected chi connectivity index (χ1v) is 8.24. The minimum absolute atomic E-state index is 0.230. The molecule has 0 unspecified atom stereocenters. The molecule has 5 rings (SSSR count). The van der Waals surface area contributed by atoms with E-state index in [1.165, 1.54) is 0 Å². The monoisotopic (exact) mass is 345 g/mol. The number of ketones is 1. The van der Waals surface area contributed by atoms with Crippen molar-refractivity contribution >= 4 is 22.5 Å². The van der Waals surface area contributed by atoms with Crippen LogP contribution in [0.4, 0.5) is 5.82 Å². The zero-order valence-corrected chi connectivity index (χ0v) is 14.1. The lowest BCUT2D eigenvalue weighted by Crippen LogP contribution is -2.47. The molecule has 0 aromatic carbocycles. The molecule has 5 heterocycles. The number of fused-ring (bicyclic) bond motifs is 1. The van der Waals surface area contributed by atoms with Gasteiger partial charge < -0.3 is 4.90 Å². The van der Waals surface area contributed by atoms with Crippen molar-refractivity contribution in [3.05, 3.63) is 49.1 Å². The molecule has 1 fully saturated rings. The standard InChI is InChI=1S/C18H15N7O/c1-23-9-13(8-20-23)15-5-16-12(6-19-15)7-21-25(16)18-4-2-3-17(22-18)24-10-14(26)11-24/h2-9H,10-11H2,1H3. The van der Waals surface area contributed by atoms with Gasteiger partial charge in [-0.3, -0.25) is 14.5 Å². The molecule has 128 valence electrons. The minimum atomic E-state index is 0.230. The van der Waals surface area contributed by atoms with Gasteiger partial charge in [-0.15, -0.1) is 0 Å². The maximum absolute atomic E-state index is 11.2. The van der Waals surface area contributed by atoms with E-state index in [0.29, 0.717) is 18.9 Å². The number of pyridine rings is 2. The molecule has 4 aromatic rings. The lowest BCUT2D eigenvalue weighted by Gasteiger charge is -2.30. The summed E-state index contributed by atoms with van der Waals surface area (Å²) in [5, 5.41) is 9.61. The fourth-order valence-corrected chi connectivity index (χ4v) is 3.06. The van der Waals surface area contributed by atoms with E-state index in [1.807, 2.05) is 42.4 Å². The molecule has 4 aromatic heterocycles. The number of carbonyl (C=O) groups is 1. The van der Waals surface area contributed by atoms with Crippen molar-refractivity contribution < 1.29 is 4.79 Å². The molecular weight excluding hydrogens is 330 g/mol. The van der Waals surface area contributed by atoms with E-state index in [9.17, 15) is 4.79 Å². The van der Waals surface area contributed by atoms with Crippen LogP contribution in [0.2, 0.25) is 0 Å². The second-order valence-electron chi connectivity index (χ2n) is 6.34. The number of rotatable bonds is 3. The van der Waals surface area contributed by atoms with Gasteiger partial charge in [-0.1, -0.05) is 6.07 Å². The SMILES string of the molecule is Cn1cc(-c2cc3c(cn2)cnn3-c2cccc(N3CC(=O)C3)n2)cn1. The number of hydrogen-bond donors (Lipinski definition) is 0. The topological polar surface area (TPSA) is 81.7 Å². The van der Waals surface area contributed by atoms with Crippen molar-refractivity contribution in [3.63, 3.8) is 0 Å². The van der Waals surface area contributed by atoms with Crippen molar-refractivity contribution in [2.24, 2.45) is 7.05 Å². The quantitative estimate of drug-likeness (QED) is 0.561. The molecule has 0 bridgehead atoms. The number of carbonyl (C=O) groups excluding carboxylic acids is 1. The highest BCUT2D eigenvalue weighted by Crippen LogP contribution is 2.24. The van der Waals surface area contributed by atoms with Gasteiger partial charge in [0.05, 0.1) is 36.7 Å². The van der Waals surface area contributed by atoms with Gasteiger partial charge in [0.25, 0.3) is 0 Å². The summed E-state index contributed by atoms with van der Waals surface area (Å²) < 4.78 is 3.54. The van der Waals surface area contributed by atoms with Crippen LogP contribution in [0.1, 0.15) is 0 Å².